The molecule has 1 aliphatic carbocycles. The fourth-order valence-electron chi connectivity index (χ4n) is 8.67. The maximum atomic E-state index is 14.3. The molecule has 57 heavy (non-hydrogen) atoms. The van der Waals surface area contributed by atoms with Crippen LogP contribution in [0.25, 0.3) is 16.3 Å². The minimum absolute atomic E-state index is 0.0446. The number of allylic oxidation sites excluding steroid dienone is 5. The number of benzene rings is 1. The normalized spacial score (nSPS) is 21.9. The summed E-state index contributed by atoms with van der Waals surface area (Å²) >= 11 is 0. The lowest BCUT2D eigenvalue weighted by Gasteiger charge is -2.38. The number of ether oxygens (including phenoxy) is 1. The average molecular weight is 799 g/mol. The van der Waals surface area contributed by atoms with E-state index in [-0.39, 0.29) is 42.0 Å². The molecule has 10 nitrogen and oxygen atoms in total. The molecular formula is C41H44F6N6O4. The molecule has 0 spiro atoms. The fourth-order valence-corrected chi connectivity index (χ4v) is 8.67. The van der Waals surface area contributed by atoms with Crippen LogP contribution in [-0.2, 0) is 27.5 Å². The summed E-state index contributed by atoms with van der Waals surface area (Å²) in [5.74, 6) is -0.523. The monoisotopic (exact) mass is 798 g/mol. The molecule has 7 rings (SSSR count). The second kappa shape index (κ2) is 16.4. The Balaban J connectivity index is 0.996. The van der Waals surface area contributed by atoms with Crippen molar-refractivity contribution in [1.29, 1.82) is 0 Å². The van der Waals surface area contributed by atoms with Gasteiger partial charge in [0.25, 0.3) is 5.56 Å². The third-order valence-electron chi connectivity index (χ3n) is 11.5. The molecule has 2 N–H and O–H groups in total. The highest BCUT2D eigenvalue weighted by Gasteiger charge is 2.38. The van der Waals surface area contributed by atoms with Gasteiger partial charge in [-0.2, -0.15) is 13.2 Å². The van der Waals surface area contributed by atoms with Gasteiger partial charge < -0.3 is 19.5 Å². The lowest BCUT2D eigenvalue weighted by Crippen LogP contribution is -2.47. The lowest BCUT2D eigenvalue weighted by molar-refractivity contribution is -0.306. The summed E-state index contributed by atoms with van der Waals surface area (Å²) in [6.45, 7) is 2.86. The Kier molecular flexibility index (Phi) is 11.5. The molecule has 3 fully saturated rings. The summed E-state index contributed by atoms with van der Waals surface area (Å²) in [6.07, 6.45) is 4.49. The number of nitrogens with zero attached hydrogens (tertiary/aromatic N) is 4. The molecule has 2 amide bonds. The Morgan fingerprint density at radius 1 is 0.912 bits per heavy atom. The van der Waals surface area contributed by atoms with E-state index in [1.54, 1.807) is 36.4 Å². The Bertz CT molecular complexity index is 2170. The molecular weight excluding hydrogens is 754 g/mol. The van der Waals surface area contributed by atoms with Crippen LogP contribution in [0.15, 0.2) is 77.2 Å². The van der Waals surface area contributed by atoms with E-state index in [0.29, 0.717) is 53.4 Å². The number of carbonyl (C=O) groups is 2. The zero-order chi connectivity index (χ0) is 40.5. The van der Waals surface area contributed by atoms with Crippen molar-refractivity contribution in [3.63, 3.8) is 0 Å². The minimum Gasteiger partial charge on any atom is -0.410 e. The van der Waals surface area contributed by atoms with Gasteiger partial charge in [-0.3, -0.25) is 29.6 Å². The van der Waals surface area contributed by atoms with Crippen LogP contribution in [-0.4, -0.2) is 71.4 Å². The zero-order valence-electron chi connectivity index (χ0n) is 31.4. The Morgan fingerprint density at radius 3 is 2.40 bits per heavy atom. The number of fused-ring (bicyclic) bond motifs is 1. The Hall–Kier alpha value is -5.12. The molecule has 304 valence electrons. The Labute approximate surface area is 325 Å². The predicted octanol–water partition coefficient (Wildman–Crippen LogP) is 7.32. The number of halogens is 6. The highest BCUT2D eigenvalue weighted by Crippen LogP contribution is 2.41. The molecule has 3 aromatic rings. The van der Waals surface area contributed by atoms with E-state index in [1.807, 2.05) is 6.08 Å². The van der Waals surface area contributed by atoms with Crippen LogP contribution >= 0.6 is 0 Å². The van der Waals surface area contributed by atoms with Gasteiger partial charge in [0.05, 0.1) is 10.9 Å². The number of rotatable bonds is 8. The van der Waals surface area contributed by atoms with E-state index in [0.717, 1.165) is 56.8 Å². The molecule has 3 saturated heterocycles. The van der Waals surface area contributed by atoms with Crippen molar-refractivity contribution in [2.45, 2.75) is 69.9 Å². The van der Waals surface area contributed by atoms with Crippen molar-refractivity contribution in [3.05, 3.63) is 93.9 Å². The number of imide groups is 1. The number of carbonyl (C=O) groups excluding carboxylic acids is 2. The molecule has 3 aliphatic heterocycles. The molecule has 2 atom stereocenters. The van der Waals surface area contributed by atoms with E-state index in [4.69, 9.17) is 0 Å². The van der Waals surface area contributed by atoms with E-state index in [1.165, 1.54) is 29.1 Å². The first-order valence-electron chi connectivity index (χ1n) is 19.2. The van der Waals surface area contributed by atoms with Crippen molar-refractivity contribution in [2.75, 3.05) is 42.9 Å². The van der Waals surface area contributed by atoms with Gasteiger partial charge in [-0.15, -0.1) is 13.2 Å². The number of hydrogen-bond acceptors (Lipinski definition) is 8. The van der Waals surface area contributed by atoms with Crippen LogP contribution in [0.3, 0.4) is 0 Å². The molecule has 2 unspecified atom stereocenters. The molecule has 0 saturated carbocycles. The van der Waals surface area contributed by atoms with Crippen LogP contribution < -0.4 is 21.1 Å². The van der Waals surface area contributed by atoms with Gasteiger partial charge in [-0.1, -0.05) is 12.2 Å². The smallest absolute Gasteiger partial charge is 0.410 e. The summed E-state index contributed by atoms with van der Waals surface area (Å²) in [5, 5.41) is 5.98. The quantitative estimate of drug-likeness (QED) is 0.180. The van der Waals surface area contributed by atoms with Gasteiger partial charge in [0.2, 0.25) is 11.8 Å². The third kappa shape index (κ3) is 9.54. The molecule has 4 aliphatic rings. The number of alkyl halides is 6. The topological polar surface area (TPSA) is 109 Å². The van der Waals surface area contributed by atoms with Gasteiger partial charge in [0.15, 0.2) is 0 Å². The van der Waals surface area contributed by atoms with Gasteiger partial charge in [0.1, 0.15) is 11.8 Å². The fraction of sp³-hybridized carbons (Fsp3) is 0.463. The van der Waals surface area contributed by atoms with Crippen LogP contribution in [0.1, 0.15) is 62.5 Å². The maximum absolute atomic E-state index is 14.3. The number of amides is 2. The van der Waals surface area contributed by atoms with Gasteiger partial charge >= 0.3 is 12.5 Å². The van der Waals surface area contributed by atoms with Crippen molar-refractivity contribution < 1.29 is 40.7 Å². The lowest BCUT2D eigenvalue weighted by atomic mass is 9.80. The molecule has 1 aromatic carbocycles. The largest absolute Gasteiger partial charge is 0.572 e. The second-order valence-corrected chi connectivity index (χ2v) is 15.3. The van der Waals surface area contributed by atoms with Crippen molar-refractivity contribution in [3.8, 4) is 0 Å². The van der Waals surface area contributed by atoms with Crippen LogP contribution in [0.4, 0.5) is 37.7 Å². The summed E-state index contributed by atoms with van der Waals surface area (Å²) < 4.78 is 89.7. The van der Waals surface area contributed by atoms with Crippen LogP contribution in [0.2, 0.25) is 0 Å². The molecule has 2 aromatic heterocycles. The number of piperidine rings is 2. The number of nitrogens with one attached hydrogen (secondary N) is 2. The van der Waals surface area contributed by atoms with Crippen LogP contribution in [0.5, 0.6) is 0 Å². The molecule has 5 heterocycles. The number of likely N-dealkylation sites (tertiary alicyclic amines) is 1. The van der Waals surface area contributed by atoms with E-state index in [2.05, 4.69) is 25.3 Å². The first kappa shape index (κ1) is 40.1. The first-order chi connectivity index (χ1) is 27.1. The minimum atomic E-state index is -4.89. The first-order valence-corrected chi connectivity index (χ1v) is 19.2. The van der Waals surface area contributed by atoms with Gasteiger partial charge in [0, 0.05) is 75.1 Å². The number of pyridine rings is 2. The molecule has 0 radical (unpaired) electrons. The highest BCUT2D eigenvalue weighted by atomic mass is 19.4. The van der Waals surface area contributed by atoms with Gasteiger partial charge in [-0.25, -0.2) is 0 Å². The molecule has 16 heteroatoms. The van der Waals surface area contributed by atoms with Gasteiger partial charge in [-0.05, 0) is 110 Å². The van der Waals surface area contributed by atoms with Crippen molar-refractivity contribution >= 4 is 39.5 Å². The standard InChI is InChI=1S/C41H44F6N6O4/c1-51-24-33(31-10-14-48-22-32(31)39(51)56)28-5-4-25(19-30(20-28)57-41(45,46)47)23-52-15-2-3-26(11-16-52)27-12-17-53(18-13-27)36-8-6-29(21-34(36)40(42,43)44)49-35-7-9-37(54)50-38(35)55/h4-6,8,10,14,20-22,24,26-27,35,49H,2-3,7,9,11-13,15-19,23H2,1H3,(H,50,54,55). The average Bonchev–Trinajstić information content (AvgIpc) is 3.51. The van der Waals surface area contributed by atoms with E-state index in [9.17, 15) is 40.7 Å². The summed E-state index contributed by atoms with van der Waals surface area (Å²) in [5.41, 5.74) is 1.01. The van der Waals surface area contributed by atoms with Crippen LogP contribution in [0, 0.1) is 11.8 Å². The predicted molar refractivity (Wildman–Crippen MR) is 203 cm³/mol. The number of hydrogen-bond donors (Lipinski definition) is 2. The zero-order valence-corrected chi connectivity index (χ0v) is 31.4. The SMILES string of the molecule is Cn1cc(C2=CC=C(CN3CCCC(C4CCN(c5ccc(NC6CCC(=O)NC6=O)cc5C(F)(F)F)CC4)CC3)CC(OC(F)(F)F)=C2)c2ccncc2c1=O. The second-order valence-electron chi connectivity index (χ2n) is 15.3. The van der Waals surface area contributed by atoms with E-state index >= 15 is 0 Å². The summed E-state index contributed by atoms with van der Waals surface area (Å²) in [4.78, 5) is 44.5. The summed E-state index contributed by atoms with van der Waals surface area (Å²) in [6, 6.07) is 4.89. The molecule has 0 bridgehead atoms. The summed E-state index contributed by atoms with van der Waals surface area (Å²) in [7, 11) is 1.58. The Morgan fingerprint density at radius 2 is 1.67 bits per heavy atom. The van der Waals surface area contributed by atoms with Crippen molar-refractivity contribution in [1.82, 2.24) is 19.8 Å². The number of aromatic nitrogens is 2. The number of anilines is 2. The third-order valence-corrected chi connectivity index (χ3v) is 11.5. The number of aryl methyl sites for hydroxylation is 1. The van der Waals surface area contributed by atoms with E-state index < -0.39 is 36.0 Å². The highest BCUT2D eigenvalue weighted by molar-refractivity contribution is 6.01. The van der Waals surface area contributed by atoms with Crippen molar-refractivity contribution in [2.24, 2.45) is 18.9 Å². The maximum Gasteiger partial charge on any atom is 0.572 e.